The van der Waals surface area contributed by atoms with Crippen LogP contribution in [0.4, 0.5) is 4.39 Å². The highest BCUT2D eigenvalue weighted by atomic mass is 32.1. The first-order chi connectivity index (χ1) is 13.6. The Labute approximate surface area is 166 Å². The normalized spacial score (nSPS) is 11.3. The molecule has 28 heavy (non-hydrogen) atoms. The maximum absolute atomic E-state index is 13.8. The average molecular weight is 398 g/mol. The van der Waals surface area contributed by atoms with E-state index in [9.17, 15) is 14.3 Å². The van der Waals surface area contributed by atoms with Crippen molar-refractivity contribution in [2.24, 2.45) is 0 Å². The molecule has 1 heterocycles. The molecule has 0 spiro atoms. The Morgan fingerprint density at radius 3 is 2.61 bits per heavy atom. The van der Waals surface area contributed by atoms with Crippen molar-refractivity contribution < 1.29 is 23.8 Å². The van der Waals surface area contributed by atoms with Crippen LogP contribution in [0.5, 0.6) is 11.5 Å². The van der Waals surface area contributed by atoms with Gasteiger partial charge in [-0.05, 0) is 48.2 Å². The highest BCUT2D eigenvalue weighted by Crippen LogP contribution is 2.31. The fraction of sp³-hybridized carbons (Fsp3) is 0.136. The topological polar surface area (TPSA) is 55.8 Å². The van der Waals surface area contributed by atoms with Crippen LogP contribution >= 0.6 is 11.3 Å². The monoisotopic (exact) mass is 398 g/mol. The first-order valence-corrected chi connectivity index (χ1v) is 9.58. The van der Waals surface area contributed by atoms with Gasteiger partial charge in [0, 0.05) is 10.4 Å². The lowest BCUT2D eigenvalue weighted by Crippen LogP contribution is -2.02. The van der Waals surface area contributed by atoms with Gasteiger partial charge in [-0.25, -0.2) is 9.18 Å². The van der Waals surface area contributed by atoms with Crippen LogP contribution in [0.2, 0.25) is 0 Å². The third-order valence-electron chi connectivity index (χ3n) is 3.94. The Kier molecular flexibility index (Phi) is 6.45. The highest BCUT2D eigenvalue weighted by Gasteiger charge is 2.13. The van der Waals surface area contributed by atoms with E-state index >= 15 is 0 Å². The minimum atomic E-state index is -1.000. The van der Waals surface area contributed by atoms with Crippen molar-refractivity contribution in [1.29, 1.82) is 0 Å². The van der Waals surface area contributed by atoms with E-state index in [4.69, 9.17) is 9.47 Å². The zero-order valence-corrected chi connectivity index (χ0v) is 16.0. The molecule has 0 atom stereocenters. The third-order valence-corrected chi connectivity index (χ3v) is 4.84. The molecule has 4 nitrogen and oxygen atoms in total. The molecule has 1 aromatic heterocycles. The molecular formula is C22H19FO4S. The van der Waals surface area contributed by atoms with Crippen LogP contribution in [0, 0.1) is 5.82 Å². The number of thiophene rings is 1. The van der Waals surface area contributed by atoms with Gasteiger partial charge in [0.2, 0.25) is 0 Å². The lowest BCUT2D eigenvalue weighted by molar-refractivity contribution is -0.130. The number of carboxylic acid groups (broad SMARTS) is 1. The standard InChI is InChI=1S/C22H19FO4S/c1-2-26-20-13-15(12-17(22(24)25)21-8-5-11-28-21)9-10-19(20)27-14-16-6-3-4-7-18(16)23/h3-13H,2,14H2,1H3,(H,24,25)/b17-12-. The Balaban J connectivity index is 1.87. The molecule has 0 aliphatic heterocycles. The van der Waals surface area contributed by atoms with E-state index in [1.165, 1.54) is 17.4 Å². The van der Waals surface area contributed by atoms with Gasteiger partial charge in [-0.3, -0.25) is 0 Å². The number of benzene rings is 2. The van der Waals surface area contributed by atoms with E-state index in [2.05, 4.69) is 0 Å². The number of carboxylic acids is 1. The number of rotatable bonds is 8. The van der Waals surface area contributed by atoms with Crippen molar-refractivity contribution in [3.8, 4) is 11.5 Å². The smallest absolute Gasteiger partial charge is 0.337 e. The molecule has 2 aromatic carbocycles. The van der Waals surface area contributed by atoms with E-state index in [0.717, 1.165) is 0 Å². The maximum Gasteiger partial charge on any atom is 0.337 e. The Morgan fingerprint density at radius 2 is 1.93 bits per heavy atom. The Bertz CT molecular complexity index is 980. The van der Waals surface area contributed by atoms with Crippen LogP contribution in [0.1, 0.15) is 22.9 Å². The van der Waals surface area contributed by atoms with Crippen LogP contribution in [-0.4, -0.2) is 17.7 Å². The number of hydrogen-bond acceptors (Lipinski definition) is 4. The van der Waals surface area contributed by atoms with Gasteiger partial charge in [-0.15, -0.1) is 11.3 Å². The molecule has 0 unspecified atom stereocenters. The first-order valence-electron chi connectivity index (χ1n) is 8.70. The zero-order chi connectivity index (χ0) is 19.9. The van der Waals surface area contributed by atoms with Crippen molar-refractivity contribution >= 4 is 29.0 Å². The van der Waals surface area contributed by atoms with Gasteiger partial charge in [-0.1, -0.05) is 30.3 Å². The Hall–Kier alpha value is -3.12. The summed E-state index contributed by atoms with van der Waals surface area (Å²) in [6.45, 7) is 2.33. The molecule has 1 N–H and O–H groups in total. The number of hydrogen-bond donors (Lipinski definition) is 1. The third kappa shape index (κ3) is 4.78. The lowest BCUT2D eigenvalue weighted by atomic mass is 10.1. The first kappa shape index (κ1) is 19.6. The second-order valence-electron chi connectivity index (χ2n) is 5.86. The molecule has 3 rings (SSSR count). The summed E-state index contributed by atoms with van der Waals surface area (Å²) < 4.78 is 25.2. The molecule has 0 amide bonds. The number of aliphatic carboxylic acids is 1. The maximum atomic E-state index is 13.8. The Morgan fingerprint density at radius 1 is 1.11 bits per heavy atom. The highest BCUT2D eigenvalue weighted by molar-refractivity contribution is 7.11. The quantitative estimate of drug-likeness (QED) is 0.510. The van der Waals surface area contributed by atoms with Crippen LogP contribution in [0.15, 0.2) is 60.0 Å². The summed E-state index contributed by atoms with van der Waals surface area (Å²) in [5.41, 5.74) is 1.32. The van der Waals surface area contributed by atoms with Crippen LogP contribution in [0.25, 0.3) is 11.6 Å². The molecule has 6 heteroatoms. The van der Waals surface area contributed by atoms with E-state index < -0.39 is 5.97 Å². The predicted octanol–water partition coefficient (Wildman–Crippen LogP) is 5.49. The fourth-order valence-electron chi connectivity index (χ4n) is 2.61. The van der Waals surface area contributed by atoms with Crippen molar-refractivity contribution in [3.05, 3.63) is 81.8 Å². The minimum Gasteiger partial charge on any atom is -0.490 e. The molecule has 0 aliphatic rings. The van der Waals surface area contributed by atoms with Gasteiger partial charge < -0.3 is 14.6 Å². The van der Waals surface area contributed by atoms with Gasteiger partial charge >= 0.3 is 5.97 Å². The van der Waals surface area contributed by atoms with Crippen molar-refractivity contribution in [3.63, 3.8) is 0 Å². The van der Waals surface area contributed by atoms with E-state index in [1.807, 2.05) is 18.4 Å². The SMILES string of the molecule is CCOc1cc(/C=C(\C(=O)O)c2cccs2)ccc1OCc1ccccc1F. The largest absolute Gasteiger partial charge is 0.490 e. The van der Waals surface area contributed by atoms with Gasteiger partial charge in [0.1, 0.15) is 12.4 Å². The molecule has 0 saturated carbocycles. The second kappa shape index (κ2) is 9.19. The molecule has 0 fully saturated rings. The summed E-state index contributed by atoms with van der Waals surface area (Å²) in [5, 5.41) is 11.3. The summed E-state index contributed by atoms with van der Waals surface area (Å²) in [7, 11) is 0. The molecule has 0 saturated heterocycles. The van der Waals surface area contributed by atoms with Crippen LogP contribution < -0.4 is 9.47 Å². The van der Waals surface area contributed by atoms with Gasteiger partial charge in [0.25, 0.3) is 0 Å². The van der Waals surface area contributed by atoms with Gasteiger partial charge in [0.15, 0.2) is 11.5 Å². The summed E-state index contributed by atoms with van der Waals surface area (Å²) in [6.07, 6.45) is 1.59. The summed E-state index contributed by atoms with van der Waals surface area (Å²) in [4.78, 5) is 12.3. The van der Waals surface area contributed by atoms with Crippen molar-refractivity contribution in [2.75, 3.05) is 6.61 Å². The molecule has 0 radical (unpaired) electrons. The van der Waals surface area contributed by atoms with Crippen molar-refractivity contribution in [2.45, 2.75) is 13.5 Å². The summed E-state index contributed by atoms with van der Waals surface area (Å²) >= 11 is 1.36. The fourth-order valence-corrected chi connectivity index (χ4v) is 3.34. The number of ether oxygens (including phenoxy) is 2. The molecule has 0 aliphatic carbocycles. The summed E-state index contributed by atoms with van der Waals surface area (Å²) in [5.74, 6) is -0.388. The van der Waals surface area contributed by atoms with E-state index in [-0.39, 0.29) is 18.0 Å². The number of carbonyl (C=O) groups is 1. The average Bonchev–Trinajstić information content (AvgIpc) is 3.21. The molecule has 3 aromatic rings. The predicted molar refractivity (Wildman–Crippen MR) is 108 cm³/mol. The van der Waals surface area contributed by atoms with Crippen LogP contribution in [0.3, 0.4) is 0 Å². The minimum absolute atomic E-state index is 0.0670. The van der Waals surface area contributed by atoms with E-state index in [1.54, 1.807) is 48.5 Å². The van der Waals surface area contributed by atoms with Crippen molar-refractivity contribution in [1.82, 2.24) is 0 Å². The zero-order valence-electron chi connectivity index (χ0n) is 15.2. The summed E-state index contributed by atoms with van der Waals surface area (Å²) in [6, 6.07) is 15.2. The lowest BCUT2D eigenvalue weighted by Gasteiger charge is -2.13. The number of halogens is 1. The van der Waals surface area contributed by atoms with E-state index in [0.29, 0.717) is 34.1 Å². The second-order valence-corrected chi connectivity index (χ2v) is 6.81. The molecular weight excluding hydrogens is 379 g/mol. The molecule has 144 valence electrons. The van der Waals surface area contributed by atoms with Gasteiger partial charge in [-0.2, -0.15) is 0 Å². The molecule has 0 bridgehead atoms. The van der Waals surface area contributed by atoms with Gasteiger partial charge in [0.05, 0.1) is 12.2 Å². The van der Waals surface area contributed by atoms with Crippen LogP contribution in [-0.2, 0) is 11.4 Å².